The van der Waals surface area contributed by atoms with Gasteiger partial charge in [0.15, 0.2) is 0 Å². The highest BCUT2D eigenvalue weighted by Gasteiger charge is 2.19. The first-order chi connectivity index (χ1) is 10.4. The smallest absolute Gasteiger partial charge is 0.408 e. The van der Waals surface area contributed by atoms with E-state index in [1.165, 1.54) is 0 Å². The van der Waals surface area contributed by atoms with E-state index in [9.17, 15) is 4.79 Å². The van der Waals surface area contributed by atoms with E-state index in [4.69, 9.17) is 9.47 Å². The zero-order valence-corrected chi connectivity index (χ0v) is 16.0. The molecule has 1 rings (SSSR count). The highest BCUT2D eigenvalue weighted by molar-refractivity contribution is 14.1. The summed E-state index contributed by atoms with van der Waals surface area (Å²) in [6, 6.07) is 7.82. The fourth-order valence-corrected chi connectivity index (χ4v) is 2.22. The van der Waals surface area contributed by atoms with Crippen LogP contribution in [-0.2, 0) is 4.74 Å². The van der Waals surface area contributed by atoms with E-state index in [2.05, 4.69) is 27.9 Å². The van der Waals surface area contributed by atoms with Crippen LogP contribution in [0.4, 0.5) is 4.79 Å². The van der Waals surface area contributed by atoms with Crippen LogP contribution in [0.3, 0.4) is 0 Å². The molecule has 0 aromatic heterocycles. The molecule has 1 aromatic carbocycles. The maximum Gasteiger partial charge on any atom is 0.408 e. The monoisotopic (exact) mass is 419 g/mol. The molecule has 4 nitrogen and oxygen atoms in total. The van der Waals surface area contributed by atoms with Gasteiger partial charge in [-0.25, -0.2) is 4.79 Å². The molecule has 0 aliphatic carbocycles. The highest BCUT2D eigenvalue weighted by atomic mass is 127. The van der Waals surface area contributed by atoms with Crippen LogP contribution in [0.1, 0.15) is 52.1 Å². The van der Waals surface area contributed by atoms with Gasteiger partial charge in [0, 0.05) is 4.43 Å². The quantitative estimate of drug-likeness (QED) is 0.390. The Morgan fingerprint density at radius 2 is 1.91 bits per heavy atom. The third kappa shape index (κ3) is 7.33. The summed E-state index contributed by atoms with van der Waals surface area (Å²) in [6.45, 7) is 8.34. The Labute approximate surface area is 147 Å². The van der Waals surface area contributed by atoms with Gasteiger partial charge in [-0.15, -0.1) is 0 Å². The predicted octanol–water partition coefficient (Wildman–Crippen LogP) is 4.87. The number of amides is 1. The van der Waals surface area contributed by atoms with E-state index in [1.807, 2.05) is 52.0 Å². The SMILES string of the molecule is CCC(NC(=O)OC(C)(C)C)c1ccc(OCCCI)cc1. The number of ether oxygens (including phenoxy) is 2. The minimum atomic E-state index is -0.487. The minimum Gasteiger partial charge on any atom is -0.494 e. The number of hydrogen-bond acceptors (Lipinski definition) is 3. The van der Waals surface area contributed by atoms with Crippen molar-refractivity contribution in [3.05, 3.63) is 29.8 Å². The summed E-state index contributed by atoms with van der Waals surface area (Å²) in [5.74, 6) is 0.862. The standard InChI is InChI=1S/C17H26INO3/c1-5-15(19-16(20)22-17(2,3)4)13-7-9-14(10-8-13)21-12-6-11-18/h7-10,15H,5-6,11-12H2,1-4H3,(H,19,20). The molecular formula is C17H26INO3. The summed E-state index contributed by atoms with van der Waals surface area (Å²) in [5.41, 5.74) is 0.563. The number of hydrogen-bond donors (Lipinski definition) is 1. The lowest BCUT2D eigenvalue weighted by molar-refractivity contribution is 0.0502. The van der Waals surface area contributed by atoms with Gasteiger partial charge in [-0.3, -0.25) is 0 Å². The molecule has 1 atom stereocenters. The third-order valence-corrected chi connectivity index (χ3v) is 3.69. The van der Waals surface area contributed by atoms with Crippen molar-refractivity contribution >= 4 is 28.7 Å². The average Bonchev–Trinajstić information content (AvgIpc) is 2.44. The summed E-state index contributed by atoms with van der Waals surface area (Å²) >= 11 is 2.34. The van der Waals surface area contributed by atoms with Crippen LogP contribution in [0.5, 0.6) is 5.75 Å². The van der Waals surface area contributed by atoms with Crippen LogP contribution in [0.2, 0.25) is 0 Å². The molecule has 1 unspecified atom stereocenters. The van der Waals surface area contributed by atoms with Gasteiger partial charge in [0.2, 0.25) is 0 Å². The Hall–Kier alpha value is -0.980. The second kappa shape index (κ2) is 9.22. The van der Waals surface area contributed by atoms with Crippen molar-refractivity contribution in [2.75, 3.05) is 11.0 Å². The Kier molecular flexibility index (Phi) is 8.00. The second-order valence-electron chi connectivity index (χ2n) is 6.07. The number of carbonyl (C=O) groups excluding carboxylic acids is 1. The van der Waals surface area contributed by atoms with Crippen molar-refractivity contribution in [2.24, 2.45) is 0 Å². The number of alkyl halides is 1. The number of alkyl carbamates (subject to hydrolysis) is 1. The van der Waals surface area contributed by atoms with Gasteiger partial charge in [-0.05, 0) is 51.3 Å². The van der Waals surface area contributed by atoms with Gasteiger partial charge in [0.1, 0.15) is 11.4 Å². The molecule has 0 heterocycles. The number of carbonyl (C=O) groups is 1. The van der Waals surface area contributed by atoms with E-state index in [0.717, 1.165) is 35.2 Å². The van der Waals surface area contributed by atoms with Gasteiger partial charge in [0.25, 0.3) is 0 Å². The molecule has 22 heavy (non-hydrogen) atoms. The maximum absolute atomic E-state index is 11.9. The fourth-order valence-electron chi connectivity index (χ4n) is 1.91. The molecular weight excluding hydrogens is 393 g/mol. The summed E-state index contributed by atoms with van der Waals surface area (Å²) in [7, 11) is 0. The lowest BCUT2D eigenvalue weighted by atomic mass is 10.0. The van der Waals surface area contributed by atoms with E-state index >= 15 is 0 Å². The predicted molar refractivity (Wildman–Crippen MR) is 97.8 cm³/mol. The third-order valence-electron chi connectivity index (χ3n) is 2.93. The van der Waals surface area contributed by atoms with Crippen molar-refractivity contribution in [3.8, 4) is 5.75 Å². The molecule has 124 valence electrons. The van der Waals surface area contributed by atoms with Gasteiger partial charge in [-0.1, -0.05) is 41.6 Å². The molecule has 0 fully saturated rings. The van der Waals surface area contributed by atoms with Crippen LogP contribution < -0.4 is 10.1 Å². The Balaban J connectivity index is 2.61. The molecule has 0 aliphatic heterocycles. The highest BCUT2D eigenvalue weighted by Crippen LogP contribution is 2.21. The zero-order chi connectivity index (χ0) is 16.6. The van der Waals surface area contributed by atoms with Crippen LogP contribution in [-0.4, -0.2) is 22.7 Å². The van der Waals surface area contributed by atoms with E-state index in [0.29, 0.717) is 0 Å². The van der Waals surface area contributed by atoms with Crippen molar-refractivity contribution in [3.63, 3.8) is 0 Å². The number of halogens is 1. The lowest BCUT2D eigenvalue weighted by Crippen LogP contribution is -2.34. The van der Waals surface area contributed by atoms with Crippen molar-refractivity contribution in [1.82, 2.24) is 5.32 Å². The molecule has 1 N–H and O–H groups in total. The average molecular weight is 419 g/mol. The van der Waals surface area contributed by atoms with Gasteiger partial charge < -0.3 is 14.8 Å². The Morgan fingerprint density at radius 3 is 2.41 bits per heavy atom. The van der Waals surface area contributed by atoms with Crippen LogP contribution in [0.25, 0.3) is 0 Å². The summed E-state index contributed by atoms with van der Waals surface area (Å²) < 4.78 is 12.0. The number of nitrogens with one attached hydrogen (secondary N) is 1. The largest absolute Gasteiger partial charge is 0.494 e. The first-order valence-electron chi connectivity index (χ1n) is 7.64. The van der Waals surface area contributed by atoms with E-state index < -0.39 is 5.60 Å². The van der Waals surface area contributed by atoms with Crippen LogP contribution in [0.15, 0.2) is 24.3 Å². The minimum absolute atomic E-state index is 0.0572. The van der Waals surface area contributed by atoms with Gasteiger partial charge in [-0.2, -0.15) is 0 Å². The molecule has 0 spiro atoms. The molecule has 0 aliphatic rings. The van der Waals surface area contributed by atoms with E-state index in [1.54, 1.807) is 0 Å². The summed E-state index contributed by atoms with van der Waals surface area (Å²) in [5, 5.41) is 2.91. The Bertz CT molecular complexity index is 454. The molecule has 0 saturated carbocycles. The van der Waals surface area contributed by atoms with Crippen molar-refractivity contribution < 1.29 is 14.3 Å². The maximum atomic E-state index is 11.9. The van der Waals surface area contributed by atoms with Crippen LogP contribution >= 0.6 is 22.6 Å². The molecule has 1 aromatic rings. The molecule has 0 radical (unpaired) electrons. The molecule has 5 heteroatoms. The van der Waals surface area contributed by atoms with Crippen molar-refractivity contribution in [2.45, 2.75) is 52.2 Å². The van der Waals surface area contributed by atoms with Crippen molar-refractivity contribution in [1.29, 1.82) is 0 Å². The van der Waals surface area contributed by atoms with Gasteiger partial charge >= 0.3 is 6.09 Å². The number of benzene rings is 1. The summed E-state index contributed by atoms with van der Waals surface area (Å²) in [6.07, 6.45) is 1.45. The molecule has 0 bridgehead atoms. The Morgan fingerprint density at radius 1 is 1.27 bits per heavy atom. The fraction of sp³-hybridized carbons (Fsp3) is 0.588. The molecule has 1 amide bonds. The van der Waals surface area contributed by atoms with Crippen LogP contribution in [0, 0.1) is 0 Å². The zero-order valence-electron chi connectivity index (χ0n) is 13.8. The topological polar surface area (TPSA) is 47.6 Å². The lowest BCUT2D eigenvalue weighted by Gasteiger charge is -2.23. The first-order valence-corrected chi connectivity index (χ1v) is 9.16. The first kappa shape index (κ1) is 19.1. The van der Waals surface area contributed by atoms with Gasteiger partial charge in [0.05, 0.1) is 12.6 Å². The normalized spacial score (nSPS) is 12.6. The van der Waals surface area contributed by atoms with E-state index in [-0.39, 0.29) is 12.1 Å². The summed E-state index contributed by atoms with van der Waals surface area (Å²) in [4.78, 5) is 11.9. The molecule has 0 saturated heterocycles. The number of rotatable bonds is 7. The second-order valence-corrected chi connectivity index (χ2v) is 7.15.